The van der Waals surface area contributed by atoms with Crippen molar-refractivity contribution in [2.24, 2.45) is 0 Å². The van der Waals surface area contributed by atoms with Crippen LogP contribution in [0, 0.1) is 6.92 Å². The maximum atomic E-state index is 11.0. The van der Waals surface area contributed by atoms with Gasteiger partial charge < -0.3 is 9.73 Å². The number of nitrogens with zero attached hydrogens (tertiary/aromatic N) is 2. The number of hydrogen-bond acceptors (Lipinski definition) is 5. The first-order chi connectivity index (χ1) is 8.61. The Morgan fingerprint density at radius 2 is 2.28 bits per heavy atom. The summed E-state index contributed by atoms with van der Waals surface area (Å²) in [7, 11) is 0. The molecule has 1 N–H and O–H groups in total. The summed E-state index contributed by atoms with van der Waals surface area (Å²) >= 11 is 5.90. The Labute approximate surface area is 109 Å². The van der Waals surface area contributed by atoms with Crippen LogP contribution in [-0.4, -0.2) is 16.3 Å². The minimum Gasteiger partial charge on any atom is -0.467 e. The van der Waals surface area contributed by atoms with Gasteiger partial charge in [0, 0.05) is 0 Å². The lowest BCUT2D eigenvalue weighted by Gasteiger charge is -2.14. The van der Waals surface area contributed by atoms with E-state index < -0.39 is 0 Å². The molecule has 0 aliphatic heterocycles. The minimum absolute atomic E-state index is 0.121. The van der Waals surface area contributed by atoms with Crippen LogP contribution >= 0.6 is 11.6 Å². The normalized spacial score (nSPS) is 12.2. The fraction of sp³-hybridized carbons (Fsp3) is 0.250. The molecule has 5 nitrogen and oxygen atoms in total. The van der Waals surface area contributed by atoms with Crippen molar-refractivity contribution in [2.75, 3.05) is 5.32 Å². The van der Waals surface area contributed by atoms with Gasteiger partial charge in [0.2, 0.25) is 0 Å². The van der Waals surface area contributed by atoms with Crippen LogP contribution < -0.4 is 5.32 Å². The number of carbonyl (C=O) groups is 1. The molecule has 2 rings (SSSR count). The first-order valence-corrected chi connectivity index (χ1v) is 5.79. The van der Waals surface area contributed by atoms with Crippen molar-refractivity contribution >= 4 is 23.7 Å². The van der Waals surface area contributed by atoms with Crippen LogP contribution in [-0.2, 0) is 0 Å². The van der Waals surface area contributed by atoms with E-state index in [-0.39, 0.29) is 16.8 Å². The monoisotopic (exact) mass is 265 g/mol. The lowest BCUT2D eigenvalue weighted by atomic mass is 10.2. The number of rotatable bonds is 4. The molecule has 0 aliphatic rings. The molecule has 1 atom stereocenters. The van der Waals surface area contributed by atoms with Crippen molar-refractivity contribution in [2.45, 2.75) is 19.9 Å². The summed E-state index contributed by atoms with van der Waals surface area (Å²) in [5.41, 5.74) is 0.251. The summed E-state index contributed by atoms with van der Waals surface area (Å²) in [6, 6.07) is 3.52. The fourth-order valence-electron chi connectivity index (χ4n) is 1.58. The molecular weight excluding hydrogens is 254 g/mol. The second-order valence-corrected chi connectivity index (χ2v) is 4.18. The number of aldehydes is 1. The molecule has 18 heavy (non-hydrogen) atoms. The van der Waals surface area contributed by atoms with Crippen LogP contribution in [0.15, 0.2) is 22.8 Å². The van der Waals surface area contributed by atoms with Crippen molar-refractivity contribution in [1.82, 2.24) is 9.97 Å². The third-order valence-corrected chi connectivity index (χ3v) is 2.74. The van der Waals surface area contributed by atoms with Gasteiger partial charge in [-0.05, 0) is 26.0 Å². The standard InChI is InChI=1S/C12H12ClN3O2/c1-7(10-4-3-5-18-10)14-12-9(6-17)11(13)15-8(2)16-12/h3-7H,1-2H3,(H,14,15,16). The molecule has 2 aromatic heterocycles. The summed E-state index contributed by atoms with van der Waals surface area (Å²) in [5, 5.41) is 3.23. The molecule has 94 valence electrons. The Balaban J connectivity index is 2.31. The molecule has 2 aromatic rings. The topological polar surface area (TPSA) is 68.0 Å². The van der Waals surface area contributed by atoms with E-state index in [0.717, 1.165) is 5.76 Å². The predicted molar refractivity (Wildman–Crippen MR) is 67.9 cm³/mol. The molecule has 0 radical (unpaired) electrons. The van der Waals surface area contributed by atoms with Gasteiger partial charge >= 0.3 is 0 Å². The highest BCUT2D eigenvalue weighted by Gasteiger charge is 2.15. The van der Waals surface area contributed by atoms with E-state index in [9.17, 15) is 4.79 Å². The zero-order valence-electron chi connectivity index (χ0n) is 9.98. The van der Waals surface area contributed by atoms with Gasteiger partial charge in [0.1, 0.15) is 22.6 Å². The number of nitrogens with one attached hydrogen (secondary N) is 1. The fourth-order valence-corrected chi connectivity index (χ4v) is 1.83. The van der Waals surface area contributed by atoms with E-state index in [2.05, 4.69) is 15.3 Å². The summed E-state index contributed by atoms with van der Waals surface area (Å²) in [5.74, 6) is 1.66. The summed E-state index contributed by atoms with van der Waals surface area (Å²) in [4.78, 5) is 19.1. The molecular formula is C12H12ClN3O2. The second kappa shape index (κ2) is 5.18. The molecule has 2 heterocycles. The van der Waals surface area contributed by atoms with Crippen molar-refractivity contribution in [3.63, 3.8) is 0 Å². The Bertz CT molecular complexity index is 555. The first kappa shape index (κ1) is 12.6. The molecule has 1 unspecified atom stereocenters. The number of aryl methyl sites for hydroxylation is 1. The van der Waals surface area contributed by atoms with Gasteiger partial charge in [-0.15, -0.1) is 0 Å². The highest BCUT2D eigenvalue weighted by atomic mass is 35.5. The third-order valence-electron chi connectivity index (χ3n) is 2.45. The van der Waals surface area contributed by atoms with Gasteiger partial charge in [-0.3, -0.25) is 4.79 Å². The number of aromatic nitrogens is 2. The molecule has 0 aliphatic carbocycles. The van der Waals surface area contributed by atoms with Crippen LogP contribution in [0.4, 0.5) is 5.82 Å². The molecule has 0 saturated carbocycles. The molecule has 0 amide bonds. The van der Waals surface area contributed by atoms with E-state index in [0.29, 0.717) is 17.9 Å². The molecule has 0 aromatic carbocycles. The predicted octanol–water partition coefficient (Wildman–Crippen LogP) is 3.02. The van der Waals surface area contributed by atoms with Crippen molar-refractivity contribution < 1.29 is 9.21 Å². The number of hydrogen-bond donors (Lipinski definition) is 1. The zero-order valence-corrected chi connectivity index (χ0v) is 10.7. The molecule has 0 fully saturated rings. The van der Waals surface area contributed by atoms with Crippen LogP contribution in [0.1, 0.15) is 34.9 Å². The second-order valence-electron chi connectivity index (χ2n) is 3.82. The smallest absolute Gasteiger partial charge is 0.156 e. The van der Waals surface area contributed by atoms with Crippen LogP contribution in [0.3, 0.4) is 0 Å². The lowest BCUT2D eigenvalue weighted by Crippen LogP contribution is -2.11. The van der Waals surface area contributed by atoms with Crippen LogP contribution in [0.5, 0.6) is 0 Å². The number of carbonyl (C=O) groups excluding carboxylic acids is 1. The number of furan rings is 1. The highest BCUT2D eigenvalue weighted by molar-refractivity contribution is 6.32. The Morgan fingerprint density at radius 1 is 1.50 bits per heavy atom. The van der Waals surface area contributed by atoms with Gasteiger partial charge in [-0.25, -0.2) is 9.97 Å². The van der Waals surface area contributed by atoms with Crippen molar-refractivity contribution in [1.29, 1.82) is 0 Å². The Kier molecular flexibility index (Phi) is 3.62. The quantitative estimate of drug-likeness (QED) is 0.680. The maximum absolute atomic E-state index is 11.0. The van der Waals surface area contributed by atoms with E-state index in [1.165, 1.54) is 0 Å². The maximum Gasteiger partial charge on any atom is 0.156 e. The van der Waals surface area contributed by atoms with Gasteiger partial charge in [0.15, 0.2) is 6.29 Å². The molecule has 0 spiro atoms. The van der Waals surface area contributed by atoms with Gasteiger partial charge in [0.05, 0.1) is 17.9 Å². The van der Waals surface area contributed by atoms with E-state index in [1.807, 2.05) is 13.0 Å². The van der Waals surface area contributed by atoms with Crippen LogP contribution in [0.2, 0.25) is 5.15 Å². The van der Waals surface area contributed by atoms with Crippen molar-refractivity contribution in [3.8, 4) is 0 Å². The highest BCUT2D eigenvalue weighted by Crippen LogP contribution is 2.24. The van der Waals surface area contributed by atoms with Gasteiger partial charge in [0.25, 0.3) is 0 Å². The minimum atomic E-state index is -0.121. The Hall–Kier alpha value is -1.88. The zero-order chi connectivity index (χ0) is 13.1. The van der Waals surface area contributed by atoms with Crippen molar-refractivity contribution in [3.05, 3.63) is 40.7 Å². The molecule has 0 bridgehead atoms. The van der Waals surface area contributed by atoms with Gasteiger partial charge in [-0.1, -0.05) is 11.6 Å². The lowest BCUT2D eigenvalue weighted by molar-refractivity contribution is 0.112. The van der Waals surface area contributed by atoms with Gasteiger partial charge in [-0.2, -0.15) is 0 Å². The van der Waals surface area contributed by atoms with E-state index in [4.69, 9.17) is 16.0 Å². The average molecular weight is 266 g/mol. The third kappa shape index (κ3) is 2.51. The van der Waals surface area contributed by atoms with E-state index in [1.54, 1.807) is 19.3 Å². The SMILES string of the molecule is Cc1nc(Cl)c(C=O)c(NC(C)c2ccco2)n1. The summed E-state index contributed by atoms with van der Waals surface area (Å²) in [6.45, 7) is 3.61. The average Bonchev–Trinajstić information content (AvgIpc) is 2.81. The largest absolute Gasteiger partial charge is 0.467 e. The summed E-state index contributed by atoms with van der Waals surface area (Å²) in [6.07, 6.45) is 2.23. The molecule has 6 heteroatoms. The van der Waals surface area contributed by atoms with E-state index >= 15 is 0 Å². The Morgan fingerprint density at radius 3 is 2.89 bits per heavy atom. The number of anilines is 1. The number of halogens is 1. The molecule has 0 saturated heterocycles. The van der Waals surface area contributed by atoms with Crippen LogP contribution in [0.25, 0.3) is 0 Å². The summed E-state index contributed by atoms with van der Waals surface area (Å²) < 4.78 is 5.27. The first-order valence-electron chi connectivity index (χ1n) is 5.41.